The summed E-state index contributed by atoms with van der Waals surface area (Å²) in [6.07, 6.45) is 5.74. The highest BCUT2D eigenvalue weighted by atomic mass is 15.2. The lowest BCUT2D eigenvalue weighted by Gasteiger charge is -2.35. The van der Waals surface area contributed by atoms with Gasteiger partial charge in [-0.15, -0.1) is 0 Å². The molecule has 0 amide bonds. The predicted octanol–water partition coefficient (Wildman–Crippen LogP) is 8.56. The van der Waals surface area contributed by atoms with Crippen molar-refractivity contribution in [2.24, 2.45) is 0 Å². The first kappa shape index (κ1) is 28.3. The molecule has 206 valence electrons. The maximum Gasteiger partial charge on any atom is 0.0413 e. The molecule has 0 fully saturated rings. The van der Waals surface area contributed by atoms with Gasteiger partial charge in [0.25, 0.3) is 0 Å². The third kappa shape index (κ3) is 9.42. The van der Waals surface area contributed by atoms with E-state index in [0.717, 1.165) is 39.1 Å². The van der Waals surface area contributed by atoms with E-state index in [0.29, 0.717) is 0 Å². The molecule has 0 spiro atoms. The van der Waals surface area contributed by atoms with Crippen LogP contribution in [0.15, 0.2) is 164 Å². The van der Waals surface area contributed by atoms with Gasteiger partial charge in [0, 0.05) is 38.8 Å². The summed E-state index contributed by atoms with van der Waals surface area (Å²) in [5.41, 5.74) is 6.69. The molecule has 0 bridgehead atoms. The van der Waals surface area contributed by atoms with E-state index in [1.54, 1.807) is 0 Å². The average molecular weight is 537 g/mol. The summed E-state index contributed by atoms with van der Waals surface area (Å²) < 4.78 is 0. The first-order chi connectivity index (χ1) is 20.3. The quantitative estimate of drug-likeness (QED) is 0.131. The Hall–Kier alpha value is -4.24. The van der Waals surface area contributed by atoms with Gasteiger partial charge in [0.2, 0.25) is 0 Å². The zero-order valence-corrected chi connectivity index (χ0v) is 23.8. The molecular weight excluding hydrogens is 496 g/mol. The minimum atomic E-state index is 0.228. The molecule has 0 aliphatic heterocycles. The van der Waals surface area contributed by atoms with Crippen LogP contribution in [0.3, 0.4) is 0 Å². The second kappa shape index (κ2) is 15.5. The van der Waals surface area contributed by atoms with Crippen molar-refractivity contribution in [3.63, 3.8) is 0 Å². The standard InChI is InChI=1S/C39H40N2/c1-6-17-34(18-7-1)27-16-28-39(41(31-37-23-12-4-13-24-37)32-38-25-14-5-15-26-38)33-40(29-35-19-8-2-9-20-35)30-36-21-10-3-11-22-36/h1-26,28,39H,27,29-33H2/b28-16+/t39-/m0/s1. The Bertz CT molecular complexity index is 1340. The normalized spacial score (nSPS) is 12.2. The fourth-order valence-corrected chi connectivity index (χ4v) is 5.33. The Labute approximate surface area is 246 Å². The summed E-state index contributed by atoms with van der Waals surface area (Å²) in [6.45, 7) is 4.52. The molecule has 2 heteroatoms. The Balaban J connectivity index is 1.46. The lowest BCUT2D eigenvalue weighted by atomic mass is 10.1. The molecule has 0 saturated carbocycles. The van der Waals surface area contributed by atoms with Crippen LogP contribution < -0.4 is 0 Å². The number of allylic oxidation sites excluding steroid dienone is 1. The van der Waals surface area contributed by atoms with Gasteiger partial charge in [-0.05, 0) is 34.2 Å². The SMILES string of the molecule is C(=C\[C@@H](CN(Cc1ccccc1)Cc1ccccc1)N(Cc1ccccc1)Cc1ccccc1)/Cc1ccccc1. The van der Waals surface area contributed by atoms with Gasteiger partial charge in [0.05, 0.1) is 0 Å². The molecule has 41 heavy (non-hydrogen) atoms. The largest absolute Gasteiger partial charge is 0.293 e. The fraction of sp³-hybridized carbons (Fsp3) is 0.179. The van der Waals surface area contributed by atoms with Crippen molar-refractivity contribution < 1.29 is 0 Å². The van der Waals surface area contributed by atoms with Crippen molar-refractivity contribution in [3.05, 3.63) is 192 Å². The van der Waals surface area contributed by atoms with Gasteiger partial charge >= 0.3 is 0 Å². The molecule has 0 aliphatic rings. The van der Waals surface area contributed by atoms with Crippen molar-refractivity contribution in [2.75, 3.05) is 6.54 Å². The maximum atomic E-state index is 2.63. The van der Waals surface area contributed by atoms with Crippen LogP contribution >= 0.6 is 0 Å². The van der Waals surface area contributed by atoms with E-state index in [1.807, 2.05) is 0 Å². The lowest BCUT2D eigenvalue weighted by molar-refractivity contribution is 0.143. The highest BCUT2D eigenvalue weighted by molar-refractivity contribution is 5.22. The van der Waals surface area contributed by atoms with Crippen LogP contribution in [0.5, 0.6) is 0 Å². The van der Waals surface area contributed by atoms with Crippen LogP contribution in [0.1, 0.15) is 27.8 Å². The zero-order chi connectivity index (χ0) is 28.0. The molecule has 1 atom stereocenters. The summed E-state index contributed by atoms with van der Waals surface area (Å²) >= 11 is 0. The van der Waals surface area contributed by atoms with Crippen LogP contribution in [0.25, 0.3) is 0 Å². The highest BCUT2D eigenvalue weighted by Gasteiger charge is 2.21. The molecule has 0 radical (unpaired) electrons. The number of hydrogen-bond acceptors (Lipinski definition) is 2. The fourth-order valence-electron chi connectivity index (χ4n) is 5.33. The van der Waals surface area contributed by atoms with E-state index >= 15 is 0 Å². The lowest BCUT2D eigenvalue weighted by Crippen LogP contribution is -2.42. The van der Waals surface area contributed by atoms with Gasteiger partial charge in [0.1, 0.15) is 0 Å². The Morgan fingerprint density at radius 1 is 0.415 bits per heavy atom. The van der Waals surface area contributed by atoms with Crippen molar-refractivity contribution in [1.82, 2.24) is 9.80 Å². The molecule has 5 aromatic rings. The van der Waals surface area contributed by atoms with Crippen LogP contribution in [0.2, 0.25) is 0 Å². The molecule has 0 saturated heterocycles. The number of benzene rings is 5. The second-order valence-corrected chi connectivity index (χ2v) is 10.7. The van der Waals surface area contributed by atoms with E-state index < -0.39 is 0 Å². The summed E-state index contributed by atoms with van der Waals surface area (Å²) in [6, 6.07) is 54.5. The van der Waals surface area contributed by atoms with Crippen molar-refractivity contribution >= 4 is 0 Å². The average Bonchev–Trinajstić information content (AvgIpc) is 3.03. The van der Waals surface area contributed by atoms with Crippen molar-refractivity contribution in [1.29, 1.82) is 0 Å². The van der Waals surface area contributed by atoms with Gasteiger partial charge < -0.3 is 0 Å². The molecule has 0 unspecified atom stereocenters. The maximum absolute atomic E-state index is 2.63. The van der Waals surface area contributed by atoms with E-state index in [-0.39, 0.29) is 6.04 Å². The zero-order valence-electron chi connectivity index (χ0n) is 23.8. The second-order valence-electron chi connectivity index (χ2n) is 10.7. The van der Waals surface area contributed by atoms with Crippen LogP contribution in [0.4, 0.5) is 0 Å². The molecule has 5 rings (SSSR count). The predicted molar refractivity (Wildman–Crippen MR) is 172 cm³/mol. The van der Waals surface area contributed by atoms with E-state index in [4.69, 9.17) is 0 Å². The topological polar surface area (TPSA) is 6.48 Å². The first-order valence-electron chi connectivity index (χ1n) is 14.6. The van der Waals surface area contributed by atoms with Gasteiger partial charge in [-0.3, -0.25) is 9.80 Å². The van der Waals surface area contributed by atoms with Crippen LogP contribution in [-0.2, 0) is 32.6 Å². The number of hydrogen-bond donors (Lipinski definition) is 0. The molecule has 0 N–H and O–H groups in total. The minimum absolute atomic E-state index is 0.228. The first-order valence-corrected chi connectivity index (χ1v) is 14.6. The van der Waals surface area contributed by atoms with Gasteiger partial charge in [0.15, 0.2) is 0 Å². The van der Waals surface area contributed by atoms with Crippen molar-refractivity contribution in [2.45, 2.75) is 38.6 Å². The molecule has 2 nitrogen and oxygen atoms in total. The minimum Gasteiger partial charge on any atom is -0.293 e. The number of nitrogens with zero attached hydrogens (tertiary/aromatic N) is 2. The smallest absolute Gasteiger partial charge is 0.0413 e. The van der Waals surface area contributed by atoms with E-state index in [9.17, 15) is 0 Å². The third-order valence-electron chi connectivity index (χ3n) is 7.42. The monoisotopic (exact) mass is 536 g/mol. The third-order valence-corrected chi connectivity index (χ3v) is 7.42. The van der Waals surface area contributed by atoms with Crippen LogP contribution in [-0.4, -0.2) is 22.4 Å². The Morgan fingerprint density at radius 2 is 0.756 bits per heavy atom. The molecular formula is C39H40N2. The molecule has 0 aromatic heterocycles. The molecule has 5 aromatic carbocycles. The van der Waals surface area contributed by atoms with Gasteiger partial charge in [-0.25, -0.2) is 0 Å². The molecule has 0 aliphatic carbocycles. The van der Waals surface area contributed by atoms with E-state index in [2.05, 4.69) is 174 Å². The Kier molecular flexibility index (Phi) is 10.7. The molecule has 0 heterocycles. The van der Waals surface area contributed by atoms with Crippen molar-refractivity contribution in [3.8, 4) is 0 Å². The van der Waals surface area contributed by atoms with Gasteiger partial charge in [-0.1, -0.05) is 164 Å². The van der Waals surface area contributed by atoms with Crippen LogP contribution in [0, 0.1) is 0 Å². The van der Waals surface area contributed by atoms with Gasteiger partial charge in [-0.2, -0.15) is 0 Å². The summed E-state index contributed by atoms with van der Waals surface area (Å²) in [4.78, 5) is 5.24. The van der Waals surface area contributed by atoms with E-state index in [1.165, 1.54) is 27.8 Å². The highest BCUT2D eigenvalue weighted by Crippen LogP contribution is 2.19. The summed E-state index contributed by atoms with van der Waals surface area (Å²) in [5.74, 6) is 0. The summed E-state index contributed by atoms with van der Waals surface area (Å²) in [7, 11) is 0. The Morgan fingerprint density at radius 3 is 1.15 bits per heavy atom. The number of rotatable bonds is 14. The summed E-state index contributed by atoms with van der Waals surface area (Å²) in [5, 5.41) is 0.